The highest BCUT2D eigenvalue weighted by Gasteiger charge is 2.13. The van der Waals surface area contributed by atoms with E-state index >= 15 is 0 Å². The van der Waals surface area contributed by atoms with Crippen molar-refractivity contribution >= 4 is 5.97 Å². The molecule has 0 unspecified atom stereocenters. The van der Waals surface area contributed by atoms with Crippen LogP contribution in [0.1, 0.15) is 35.7 Å². The third kappa shape index (κ3) is 4.41. The van der Waals surface area contributed by atoms with E-state index in [-0.39, 0.29) is 17.9 Å². The topological polar surface area (TPSA) is 65.0 Å². The molecule has 1 N–H and O–H groups in total. The Bertz CT molecular complexity index is 694. The average Bonchev–Trinajstić information content (AvgIpc) is 2.58. The Hall–Kier alpha value is -2.69. The number of methoxy groups -OCH3 is 1. The monoisotopic (exact) mass is 330 g/mol. The molecule has 24 heavy (non-hydrogen) atoms. The summed E-state index contributed by atoms with van der Waals surface area (Å²) in [5.41, 5.74) is 1.23. The number of carboxylic acid groups (broad SMARTS) is 1. The molecule has 2 rings (SSSR count). The largest absolute Gasteiger partial charge is 0.497 e. The van der Waals surface area contributed by atoms with Gasteiger partial charge in [0.15, 0.2) is 0 Å². The molecule has 0 amide bonds. The molecule has 128 valence electrons. The molecule has 2 aromatic carbocycles. The molecule has 0 aromatic heterocycles. The number of para-hydroxylation sites is 1. The second-order valence-corrected chi connectivity index (χ2v) is 5.56. The molecule has 5 heteroatoms. The van der Waals surface area contributed by atoms with Crippen LogP contribution < -0.4 is 14.2 Å². The lowest BCUT2D eigenvalue weighted by Crippen LogP contribution is -2.12. The van der Waals surface area contributed by atoms with Gasteiger partial charge in [0.05, 0.1) is 7.11 Å². The van der Waals surface area contributed by atoms with Crippen LogP contribution in [0.25, 0.3) is 0 Å². The third-order valence-electron chi connectivity index (χ3n) is 3.56. The highest BCUT2D eigenvalue weighted by atomic mass is 16.5. The van der Waals surface area contributed by atoms with Gasteiger partial charge in [-0.2, -0.15) is 0 Å². The van der Waals surface area contributed by atoms with Crippen LogP contribution in [-0.4, -0.2) is 31.4 Å². The lowest BCUT2D eigenvalue weighted by molar-refractivity contribution is 0.0691. The van der Waals surface area contributed by atoms with Crippen molar-refractivity contribution in [2.24, 2.45) is 0 Å². The fourth-order valence-electron chi connectivity index (χ4n) is 2.32. The van der Waals surface area contributed by atoms with Gasteiger partial charge < -0.3 is 19.3 Å². The highest BCUT2D eigenvalue weighted by Crippen LogP contribution is 2.27. The first kappa shape index (κ1) is 17.7. The number of hydrogen-bond donors (Lipinski definition) is 1. The van der Waals surface area contributed by atoms with Crippen LogP contribution in [0.5, 0.6) is 17.2 Å². The van der Waals surface area contributed by atoms with Crippen molar-refractivity contribution in [3.8, 4) is 17.2 Å². The zero-order valence-electron chi connectivity index (χ0n) is 14.1. The number of benzene rings is 2. The fraction of sp³-hybridized carbons (Fsp3) is 0.316. The van der Waals surface area contributed by atoms with E-state index in [4.69, 9.17) is 14.2 Å². The van der Waals surface area contributed by atoms with Gasteiger partial charge in [-0.3, -0.25) is 0 Å². The quantitative estimate of drug-likeness (QED) is 0.742. The van der Waals surface area contributed by atoms with Crippen LogP contribution in [0.2, 0.25) is 0 Å². The summed E-state index contributed by atoms with van der Waals surface area (Å²) in [6, 6.07) is 12.5. The summed E-state index contributed by atoms with van der Waals surface area (Å²) in [4.78, 5) is 11.2. The van der Waals surface area contributed by atoms with E-state index in [0.29, 0.717) is 18.3 Å². The Kier molecular flexibility index (Phi) is 6.07. The summed E-state index contributed by atoms with van der Waals surface area (Å²) >= 11 is 0. The smallest absolute Gasteiger partial charge is 0.339 e. The summed E-state index contributed by atoms with van der Waals surface area (Å²) in [6.45, 7) is 4.77. The van der Waals surface area contributed by atoms with E-state index in [1.807, 2.05) is 24.3 Å². The van der Waals surface area contributed by atoms with Gasteiger partial charge in [-0.05, 0) is 29.7 Å². The number of carboxylic acids is 1. The van der Waals surface area contributed by atoms with E-state index in [0.717, 1.165) is 11.3 Å². The Labute approximate surface area is 141 Å². The van der Waals surface area contributed by atoms with E-state index in [1.165, 1.54) is 13.2 Å². The molecule has 0 saturated heterocycles. The molecule has 0 aliphatic rings. The number of hydrogen-bond acceptors (Lipinski definition) is 4. The number of carbonyl (C=O) groups is 1. The van der Waals surface area contributed by atoms with Crippen LogP contribution in [0.15, 0.2) is 42.5 Å². The number of rotatable bonds is 8. The standard InChI is InChI=1S/C19H22O5/c1-13(2)15-6-4-5-7-17(15)23-10-11-24-18-12-14(22-3)8-9-16(18)19(20)21/h4-9,12-13H,10-11H2,1-3H3,(H,20,21). The minimum absolute atomic E-state index is 0.0957. The summed E-state index contributed by atoms with van der Waals surface area (Å²) < 4.78 is 16.5. The van der Waals surface area contributed by atoms with Gasteiger partial charge in [0, 0.05) is 6.07 Å². The maximum absolute atomic E-state index is 11.2. The van der Waals surface area contributed by atoms with Crippen LogP contribution in [0.3, 0.4) is 0 Å². The first-order valence-corrected chi connectivity index (χ1v) is 7.78. The molecule has 0 saturated carbocycles. The van der Waals surface area contributed by atoms with Crippen molar-refractivity contribution in [1.82, 2.24) is 0 Å². The molecule has 0 fully saturated rings. The molecule has 0 heterocycles. The van der Waals surface area contributed by atoms with Crippen molar-refractivity contribution in [2.75, 3.05) is 20.3 Å². The molecular weight excluding hydrogens is 308 g/mol. The second-order valence-electron chi connectivity index (χ2n) is 5.56. The zero-order valence-corrected chi connectivity index (χ0v) is 14.1. The molecule has 0 spiro atoms. The summed E-state index contributed by atoms with van der Waals surface area (Å²) in [6.07, 6.45) is 0. The van der Waals surface area contributed by atoms with Crippen molar-refractivity contribution < 1.29 is 24.1 Å². The van der Waals surface area contributed by atoms with Gasteiger partial charge >= 0.3 is 5.97 Å². The van der Waals surface area contributed by atoms with E-state index in [1.54, 1.807) is 12.1 Å². The summed E-state index contributed by atoms with van der Waals surface area (Å²) in [5.74, 6) is 0.946. The van der Waals surface area contributed by atoms with E-state index in [2.05, 4.69) is 13.8 Å². The van der Waals surface area contributed by atoms with Crippen LogP contribution in [-0.2, 0) is 0 Å². The summed E-state index contributed by atoms with van der Waals surface area (Å²) in [7, 11) is 1.52. The van der Waals surface area contributed by atoms with Crippen LogP contribution >= 0.6 is 0 Å². The maximum Gasteiger partial charge on any atom is 0.339 e. The fourth-order valence-corrected chi connectivity index (χ4v) is 2.32. The van der Waals surface area contributed by atoms with Gasteiger partial charge in [-0.15, -0.1) is 0 Å². The summed E-state index contributed by atoms with van der Waals surface area (Å²) in [5, 5.41) is 9.21. The van der Waals surface area contributed by atoms with Gasteiger partial charge in [-0.25, -0.2) is 4.79 Å². The van der Waals surface area contributed by atoms with Crippen molar-refractivity contribution in [1.29, 1.82) is 0 Å². The van der Waals surface area contributed by atoms with Crippen molar-refractivity contribution in [3.63, 3.8) is 0 Å². The minimum Gasteiger partial charge on any atom is -0.497 e. The van der Waals surface area contributed by atoms with E-state index < -0.39 is 5.97 Å². The normalized spacial score (nSPS) is 10.5. The van der Waals surface area contributed by atoms with Gasteiger partial charge in [0.1, 0.15) is 36.0 Å². The Morgan fingerprint density at radius 1 is 1.04 bits per heavy atom. The third-order valence-corrected chi connectivity index (χ3v) is 3.56. The average molecular weight is 330 g/mol. The van der Waals surface area contributed by atoms with Crippen molar-refractivity contribution in [3.05, 3.63) is 53.6 Å². The molecule has 0 bridgehead atoms. The molecule has 5 nitrogen and oxygen atoms in total. The molecule has 2 aromatic rings. The molecule has 0 aliphatic carbocycles. The first-order valence-electron chi connectivity index (χ1n) is 7.78. The second kappa shape index (κ2) is 8.24. The predicted octanol–water partition coefficient (Wildman–Crippen LogP) is 3.97. The SMILES string of the molecule is COc1ccc(C(=O)O)c(OCCOc2ccccc2C(C)C)c1. The molecular formula is C19H22O5. The Morgan fingerprint density at radius 3 is 2.33 bits per heavy atom. The molecule has 0 atom stereocenters. The van der Waals surface area contributed by atoms with Gasteiger partial charge in [0.2, 0.25) is 0 Å². The first-order chi connectivity index (χ1) is 11.5. The van der Waals surface area contributed by atoms with Crippen LogP contribution in [0.4, 0.5) is 0 Å². The zero-order chi connectivity index (χ0) is 17.5. The lowest BCUT2D eigenvalue weighted by atomic mass is 10.0. The number of aromatic carboxylic acids is 1. The van der Waals surface area contributed by atoms with E-state index in [9.17, 15) is 9.90 Å². The Morgan fingerprint density at radius 2 is 1.71 bits per heavy atom. The minimum atomic E-state index is -1.04. The lowest BCUT2D eigenvalue weighted by Gasteiger charge is -2.15. The van der Waals surface area contributed by atoms with Gasteiger partial charge in [-0.1, -0.05) is 32.0 Å². The Balaban J connectivity index is 1.99. The van der Waals surface area contributed by atoms with Gasteiger partial charge in [0.25, 0.3) is 0 Å². The highest BCUT2D eigenvalue weighted by molar-refractivity contribution is 5.91. The van der Waals surface area contributed by atoms with Crippen molar-refractivity contribution in [2.45, 2.75) is 19.8 Å². The maximum atomic E-state index is 11.2. The molecule has 0 radical (unpaired) electrons. The molecule has 0 aliphatic heterocycles. The predicted molar refractivity (Wildman–Crippen MR) is 91.5 cm³/mol. The number of ether oxygens (including phenoxy) is 3. The van der Waals surface area contributed by atoms with Crippen LogP contribution in [0, 0.1) is 0 Å².